The van der Waals surface area contributed by atoms with E-state index in [4.69, 9.17) is 0 Å². The first-order valence-electron chi connectivity index (χ1n) is 9.16. The van der Waals surface area contributed by atoms with Crippen LogP contribution in [0.5, 0.6) is 0 Å². The third kappa shape index (κ3) is 1.50. The van der Waals surface area contributed by atoms with Crippen LogP contribution in [-0.2, 0) is 0 Å². The van der Waals surface area contributed by atoms with E-state index >= 15 is 0 Å². The Morgan fingerprint density at radius 2 is 1.59 bits per heavy atom. The van der Waals surface area contributed by atoms with E-state index in [1.807, 2.05) is 0 Å². The van der Waals surface area contributed by atoms with Gasteiger partial charge in [-0.15, -0.1) is 0 Å². The first-order valence-corrected chi connectivity index (χ1v) is 9.16. The molecule has 0 amide bonds. The molecule has 2 nitrogen and oxygen atoms in total. The molecule has 4 aliphatic rings. The molecule has 0 heterocycles. The summed E-state index contributed by atoms with van der Waals surface area (Å²) in [6, 6.07) is 0. The summed E-state index contributed by atoms with van der Waals surface area (Å²) in [4.78, 5) is 0. The van der Waals surface area contributed by atoms with E-state index in [1.165, 1.54) is 24.8 Å². The lowest BCUT2D eigenvalue weighted by atomic mass is 9.62. The molecular weight excluding hydrogens is 270 g/mol. The van der Waals surface area contributed by atoms with Crippen LogP contribution >= 0.6 is 0 Å². The first kappa shape index (κ1) is 14.8. The van der Waals surface area contributed by atoms with Gasteiger partial charge in [0, 0.05) is 5.92 Å². The minimum absolute atomic E-state index is 0.349. The number of hydrogen-bond acceptors (Lipinski definition) is 2. The van der Waals surface area contributed by atoms with Crippen molar-refractivity contribution in [1.29, 1.82) is 0 Å². The Hall–Kier alpha value is -0.790. The standard InChI is InChI=1S/C20H31NO/c1-10-13-7-12(19(10,3)4)8-15(13)17-16-9-14(18(17)21-22)11(2)20(16,5)6/h10-14,16,22H,7-9H2,1-6H3. The molecule has 6 unspecified atom stereocenters. The van der Waals surface area contributed by atoms with Crippen LogP contribution in [0.1, 0.15) is 60.8 Å². The average Bonchev–Trinajstić information content (AvgIpc) is 3.14. The summed E-state index contributed by atoms with van der Waals surface area (Å²) < 4.78 is 0. The molecule has 6 atom stereocenters. The Bertz CT molecular complexity index is 579. The van der Waals surface area contributed by atoms with Crippen molar-refractivity contribution >= 4 is 5.71 Å². The van der Waals surface area contributed by atoms with E-state index in [2.05, 4.69) is 46.7 Å². The molecule has 4 saturated carbocycles. The van der Waals surface area contributed by atoms with Crippen LogP contribution in [0.2, 0.25) is 0 Å². The van der Waals surface area contributed by atoms with Crippen molar-refractivity contribution in [3.8, 4) is 0 Å². The van der Waals surface area contributed by atoms with Crippen molar-refractivity contribution in [2.45, 2.75) is 60.8 Å². The molecule has 4 fully saturated rings. The van der Waals surface area contributed by atoms with Crippen molar-refractivity contribution < 1.29 is 5.21 Å². The van der Waals surface area contributed by atoms with Gasteiger partial charge in [-0.2, -0.15) is 0 Å². The molecule has 0 aromatic heterocycles. The van der Waals surface area contributed by atoms with Gasteiger partial charge in [0.05, 0.1) is 5.71 Å². The molecule has 4 rings (SSSR count). The molecule has 0 saturated heterocycles. The summed E-state index contributed by atoms with van der Waals surface area (Å²) >= 11 is 0. The zero-order valence-electron chi connectivity index (χ0n) is 15.0. The van der Waals surface area contributed by atoms with Gasteiger partial charge in [-0.3, -0.25) is 0 Å². The van der Waals surface area contributed by atoms with Gasteiger partial charge in [-0.05, 0) is 65.3 Å². The topological polar surface area (TPSA) is 32.6 Å². The fourth-order valence-electron chi connectivity index (χ4n) is 6.55. The van der Waals surface area contributed by atoms with Crippen molar-refractivity contribution in [2.24, 2.45) is 51.5 Å². The molecule has 2 heteroatoms. The quantitative estimate of drug-likeness (QED) is 0.488. The Labute approximate surface area is 135 Å². The predicted octanol–water partition coefficient (Wildman–Crippen LogP) is 5.13. The van der Waals surface area contributed by atoms with E-state index in [9.17, 15) is 5.21 Å². The van der Waals surface area contributed by atoms with Gasteiger partial charge in [0.2, 0.25) is 0 Å². The van der Waals surface area contributed by atoms with Gasteiger partial charge < -0.3 is 5.21 Å². The largest absolute Gasteiger partial charge is 0.411 e. The summed E-state index contributed by atoms with van der Waals surface area (Å²) in [6.07, 6.45) is 3.82. The first-order chi connectivity index (χ1) is 10.2. The van der Waals surface area contributed by atoms with Crippen LogP contribution in [0.3, 0.4) is 0 Å². The maximum absolute atomic E-state index is 9.70. The summed E-state index contributed by atoms with van der Waals surface area (Å²) in [5, 5.41) is 13.5. The molecule has 122 valence electrons. The van der Waals surface area contributed by atoms with Crippen LogP contribution < -0.4 is 0 Å². The molecule has 0 aromatic rings. The van der Waals surface area contributed by atoms with Gasteiger partial charge in [-0.25, -0.2) is 0 Å². The van der Waals surface area contributed by atoms with Crippen molar-refractivity contribution in [2.75, 3.05) is 0 Å². The van der Waals surface area contributed by atoms with E-state index in [0.29, 0.717) is 28.6 Å². The lowest BCUT2D eigenvalue weighted by Gasteiger charge is -2.42. The Balaban J connectivity index is 1.81. The zero-order chi connectivity index (χ0) is 16.0. The smallest absolute Gasteiger partial charge is 0.0864 e. The third-order valence-electron chi connectivity index (χ3n) is 8.88. The minimum atomic E-state index is 0.349. The highest BCUT2D eigenvalue weighted by Gasteiger charge is 2.60. The molecule has 0 aromatic carbocycles. The molecule has 0 aliphatic heterocycles. The van der Waals surface area contributed by atoms with Gasteiger partial charge >= 0.3 is 0 Å². The lowest BCUT2D eigenvalue weighted by Crippen LogP contribution is -2.37. The molecular formula is C20H31NO. The number of hydrogen-bond donors (Lipinski definition) is 1. The maximum atomic E-state index is 9.70. The summed E-state index contributed by atoms with van der Waals surface area (Å²) in [5.74, 6) is 4.04. The number of allylic oxidation sites excluding steroid dienone is 2. The lowest BCUT2D eigenvalue weighted by molar-refractivity contribution is 0.160. The summed E-state index contributed by atoms with van der Waals surface area (Å²) in [7, 11) is 0. The fraction of sp³-hybridized carbons (Fsp3) is 0.850. The highest BCUT2D eigenvalue weighted by molar-refractivity contribution is 6.06. The van der Waals surface area contributed by atoms with Gasteiger partial charge in [0.25, 0.3) is 0 Å². The van der Waals surface area contributed by atoms with Crippen LogP contribution in [0.4, 0.5) is 0 Å². The van der Waals surface area contributed by atoms with Gasteiger partial charge in [0.1, 0.15) is 0 Å². The molecule has 0 spiro atoms. The predicted molar refractivity (Wildman–Crippen MR) is 89.9 cm³/mol. The fourth-order valence-corrected chi connectivity index (χ4v) is 6.55. The van der Waals surface area contributed by atoms with Crippen LogP contribution in [0.15, 0.2) is 16.3 Å². The van der Waals surface area contributed by atoms with E-state index < -0.39 is 0 Å². The number of rotatable bonds is 0. The van der Waals surface area contributed by atoms with Crippen LogP contribution in [0.25, 0.3) is 0 Å². The van der Waals surface area contributed by atoms with Gasteiger partial charge in [0.15, 0.2) is 0 Å². The normalized spacial score (nSPS) is 52.9. The molecule has 4 bridgehead atoms. The second-order valence-electron chi connectivity index (χ2n) is 9.78. The van der Waals surface area contributed by atoms with E-state index in [1.54, 1.807) is 5.57 Å². The summed E-state index contributed by atoms with van der Waals surface area (Å²) in [6.45, 7) is 14.6. The number of fused-ring (bicyclic) bond motifs is 4. The monoisotopic (exact) mass is 301 g/mol. The van der Waals surface area contributed by atoms with E-state index in [-0.39, 0.29) is 0 Å². The Kier molecular flexibility index (Phi) is 2.81. The highest BCUT2D eigenvalue weighted by atomic mass is 16.4. The average molecular weight is 301 g/mol. The Morgan fingerprint density at radius 3 is 2.14 bits per heavy atom. The third-order valence-corrected chi connectivity index (χ3v) is 8.88. The second kappa shape index (κ2) is 4.19. The maximum Gasteiger partial charge on any atom is 0.0864 e. The van der Waals surface area contributed by atoms with Gasteiger partial charge in [-0.1, -0.05) is 52.3 Å². The van der Waals surface area contributed by atoms with Crippen molar-refractivity contribution in [3.63, 3.8) is 0 Å². The summed E-state index contributed by atoms with van der Waals surface area (Å²) in [5.41, 5.74) is 5.06. The second-order valence-corrected chi connectivity index (χ2v) is 9.78. The molecule has 0 radical (unpaired) electrons. The minimum Gasteiger partial charge on any atom is -0.411 e. The molecule has 22 heavy (non-hydrogen) atoms. The van der Waals surface area contributed by atoms with Crippen molar-refractivity contribution in [1.82, 2.24) is 0 Å². The van der Waals surface area contributed by atoms with Crippen molar-refractivity contribution in [3.05, 3.63) is 11.1 Å². The SMILES string of the molecule is CC1C2CC(CC2=C2C(=NO)C3CC2C(C)(C)C3C)C1(C)C. The van der Waals surface area contributed by atoms with Crippen LogP contribution in [0, 0.1) is 46.3 Å². The Morgan fingerprint density at radius 1 is 0.955 bits per heavy atom. The number of nitrogens with zero attached hydrogens (tertiary/aromatic N) is 1. The van der Waals surface area contributed by atoms with E-state index in [0.717, 1.165) is 23.5 Å². The molecule has 1 N–H and O–H groups in total. The number of oxime groups is 1. The highest BCUT2D eigenvalue weighted by Crippen LogP contribution is 2.66. The molecule has 4 aliphatic carbocycles. The zero-order valence-corrected chi connectivity index (χ0v) is 15.0. The van der Waals surface area contributed by atoms with Crippen LogP contribution in [-0.4, -0.2) is 10.9 Å².